The molecule has 0 aliphatic carbocycles. The smallest absolute Gasteiger partial charge is 0.126 e. The van der Waals surface area contributed by atoms with Gasteiger partial charge in [0.1, 0.15) is 5.82 Å². The Morgan fingerprint density at radius 3 is 2.50 bits per heavy atom. The maximum absolute atomic E-state index is 13.2. The minimum Gasteiger partial charge on any atom is -0.326 e. The number of halogens is 1. The van der Waals surface area contributed by atoms with Crippen molar-refractivity contribution >= 4 is 0 Å². The third-order valence-electron chi connectivity index (χ3n) is 1.92. The Morgan fingerprint density at radius 2 is 2.08 bits per heavy atom. The standard InChI is InChI=1S/C10H14FN/c1-7(2)9-4-3-8(6-12)5-10(9)11/h3-5,7H,6,12H2,1-2H3. The van der Waals surface area contributed by atoms with Crippen LogP contribution in [0.3, 0.4) is 0 Å². The number of hydrogen-bond donors (Lipinski definition) is 1. The lowest BCUT2D eigenvalue weighted by atomic mass is 10.0. The van der Waals surface area contributed by atoms with Gasteiger partial charge in [0.15, 0.2) is 0 Å². The van der Waals surface area contributed by atoms with E-state index >= 15 is 0 Å². The fourth-order valence-electron chi connectivity index (χ4n) is 1.17. The van der Waals surface area contributed by atoms with Gasteiger partial charge in [0.2, 0.25) is 0 Å². The van der Waals surface area contributed by atoms with Gasteiger partial charge in [-0.25, -0.2) is 4.39 Å². The highest BCUT2D eigenvalue weighted by Gasteiger charge is 2.05. The molecule has 0 bridgehead atoms. The Balaban J connectivity index is 3.03. The van der Waals surface area contributed by atoms with Crippen LogP contribution in [0.1, 0.15) is 30.9 Å². The van der Waals surface area contributed by atoms with Crippen molar-refractivity contribution in [3.8, 4) is 0 Å². The van der Waals surface area contributed by atoms with Gasteiger partial charge in [-0.05, 0) is 23.1 Å². The van der Waals surface area contributed by atoms with Gasteiger partial charge in [-0.2, -0.15) is 0 Å². The number of benzene rings is 1. The van der Waals surface area contributed by atoms with E-state index in [9.17, 15) is 4.39 Å². The van der Waals surface area contributed by atoms with Crippen molar-refractivity contribution < 1.29 is 4.39 Å². The summed E-state index contributed by atoms with van der Waals surface area (Å²) in [5, 5.41) is 0. The van der Waals surface area contributed by atoms with E-state index in [4.69, 9.17) is 5.73 Å². The Bertz CT molecular complexity index is 269. The van der Waals surface area contributed by atoms with Gasteiger partial charge in [-0.1, -0.05) is 26.0 Å². The van der Waals surface area contributed by atoms with E-state index in [1.165, 1.54) is 6.07 Å². The van der Waals surface area contributed by atoms with Gasteiger partial charge in [-0.3, -0.25) is 0 Å². The van der Waals surface area contributed by atoms with Crippen molar-refractivity contribution in [1.29, 1.82) is 0 Å². The molecule has 0 aliphatic rings. The first kappa shape index (κ1) is 9.20. The summed E-state index contributed by atoms with van der Waals surface area (Å²) in [4.78, 5) is 0. The van der Waals surface area contributed by atoms with Crippen LogP contribution in [-0.4, -0.2) is 0 Å². The molecule has 0 aromatic heterocycles. The molecule has 0 unspecified atom stereocenters. The van der Waals surface area contributed by atoms with Crippen LogP contribution in [0.4, 0.5) is 4.39 Å². The average molecular weight is 167 g/mol. The molecule has 0 amide bonds. The number of nitrogens with two attached hydrogens (primary N) is 1. The van der Waals surface area contributed by atoms with Crippen LogP contribution in [-0.2, 0) is 6.54 Å². The second kappa shape index (κ2) is 3.68. The third-order valence-corrected chi connectivity index (χ3v) is 1.92. The fraction of sp³-hybridized carbons (Fsp3) is 0.400. The van der Waals surface area contributed by atoms with Gasteiger partial charge in [0.25, 0.3) is 0 Å². The predicted octanol–water partition coefficient (Wildman–Crippen LogP) is 2.41. The minimum absolute atomic E-state index is 0.145. The molecule has 1 aromatic carbocycles. The molecule has 2 heteroatoms. The van der Waals surface area contributed by atoms with Crippen molar-refractivity contribution in [1.82, 2.24) is 0 Å². The molecule has 1 aromatic rings. The lowest BCUT2D eigenvalue weighted by Gasteiger charge is -2.07. The van der Waals surface area contributed by atoms with E-state index in [1.54, 1.807) is 0 Å². The summed E-state index contributed by atoms with van der Waals surface area (Å²) >= 11 is 0. The molecule has 1 nitrogen and oxygen atoms in total. The first-order valence-corrected chi connectivity index (χ1v) is 4.13. The summed E-state index contributed by atoms with van der Waals surface area (Å²) < 4.78 is 13.2. The third kappa shape index (κ3) is 1.83. The first-order chi connectivity index (χ1) is 5.65. The molecule has 0 radical (unpaired) electrons. The lowest BCUT2D eigenvalue weighted by Crippen LogP contribution is -1.99. The first-order valence-electron chi connectivity index (χ1n) is 4.13. The fourth-order valence-corrected chi connectivity index (χ4v) is 1.17. The maximum atomic E-state index is 13.2. The zero-order chi connectivity index (χ0) is 9.14. The van der Waals surface area contributed by atoms with Gasteiger partial charge in [0, 0.05) is 6.54 Å². The molecule has 0 spiro atoms. The Labute approximate surface area is 72.4 Å². The average Bonchev–Trinajstić information content (AvgIpc) is 2.03. The Kier molecular flexibility index (Phi) is 2.82. The molecule has 0 aliphatic heterocycles. The summed E-state index contributed by atoms with van der Waals surface area (Å²) in [6, 6.07) is 5.19. The second-order valence-electron chi connectivity index (χ2n) is 3.21. The molecule has 2 N–H and O–H groups in total. The van der Waals surface area contributed by atoms with Crippen LogP contribution < -0.4 is 5.73 Å². The van der Waals surface area contributed by atoms with Gasteiger partial charge in [-0.15, -0.1) is 0 Å². The monoisotopic (exact) mass is 167 g/mol. The molecule has 0 fully saturated rings. The highest BCUT2D eigenvalue weighted by atomic mass is 19.1. The molecule has 66 valence electrons. The molecule has 12 heavy (non-hydrogen) atoms. The minimum atomic E-state index is -0.145. The number of rotatable bonds is 2. The highest BCUT2D eigenvalue weighted by molar-refractivity contribution is 5.26. The summed E-state index contributed by atoms with van der Waals surface area (Å²) in [5.74, 6) is 0.0878. The summed E-state index contributed by atoms with van der Waals surface area (Å²) in [7, 11) is 0. The van der Waals surface area contributed by atoms with Crippen LogP contribution in [0.25, 0.3) is 0 Å². The molecule has 1 rings (SSSR count). The van der Waals surface area contributed by atoms with Crippen molar-refractivity contribution in [2.24, 2.45) is 5.73 Å². The molecular weight excluding hydrogens is 153 g/mol. The van der Waals surface area contributed by atoms with Crippen LogP contribution in [0.5, 0.6) is 0 Å². The van der Waals surface area contributed by atoms with E-state index in [1.807, 2.05) is 26.0 Å². The van der Waals surface area contributed by atoms with Crippen molar-refractivity contribution in [2.75, 3.05) is 0 Å². The van der Waals surface area contributed by atoms with Gasteiger partial charge in [0.05, 0.1) is 0 Å². The Morgan fingerprint density at radius 1 is 1.42 bits per heavy atom. The van der Waals surface area contributed by atoms with E-state index in [0.717, 1.165) is 11.1 Å². The summed E-state index contributed by atoms with van der Waals surface area (Å²) in [5.41, 5.74) is 6.98. The quantitative estimate of drug-likeness (QED) is 0.719. The van der Waals surface area contributed by atoms with E-state index in [0.29, 0.717) is 6.54 Å². The zero-order valence-electron chi connectivity index (χ0n) is 7.47. The normalized spacial score (nSPS) is 10.8. The van der Waals surface area contributed by atoms with Crippen LogP contribution in [0.15, 0.2) is 18.2 Å². The lowest BCUT2D eigenvalue weighted by molar-refractivity contribution is 0.596. The van der Waals surface area contributed by atoms with E-state index in [2.05, 4.69) is 0 Å². The molecular formula is C10H14FN. The molecule has 0 saturated carbocycles. The SMILES string of the molecule is CC(C)c1ccc(CN)cc1F. The van der Waals surface area contributed by atoms with Crippen LogP contribution >= 0.6 is 0 Å². The summed E-state index contributed by atoms with van der Waals surface area (Å²) in [6.45, 7) is 4.34. The number of hydrogen-bond acceptors (Lipinski definition) is 1. The summed E-state index contributed by atoms with van der Waals surface area (Å²) in [6.07, 6.45) is 0. The van der Waals surface area contributed by atoms with Crippen molar-refractivity contribution in [3.05, 3.63) is 35.1 Å². The van der Waals surface area contributed by atoms with Crippen molar-refractivity contribution in [3.63, 3.8) is 0 Å². The van der Waals surface area contributed by atoms with Crippen molar-refractivity contribution in [2.45, 2.75) is 26.3 Å². The second-order valence-corrected chi connectivity index (χ2v) is 3.21. The van der Waals surface area contributed by atoms with Gasteiger partial charge < -0.3 is 5.73 Å². The highest BCUT2D eigenvalue weighted by Crippen LogP contribution is 2.18. The topological polar surface area (TPSA) is 26.0 Å². The molecule has 0 heterocycles. The van der Waals surface area contributed by atoms with E-state index < -0.39 is 0 Å². The van der Waals surface area contributed by atoms with Crippen LogP contribution in [0.2, 0.25) is 0 Å². The Hall–Kier alpha value is -0.890. The van der Waals surface area contributed by atoms with E-state index in [-0.39, 0.29) is 11.7 Å². The zero-order valence-corrected chi connectivity index (χ0v) is 7.47. The van der Waals surface area contributed by atoms with Gasteiger partial charge >= 0.3 is 0 Å². The predicted molar refractivity (Wildman–Crippen MR) is 48.4 cm³/mol. The largest absolute Gasteiger partial charge is 0.326 e. The molecule has 0 atom stereocenters. The molecule has 0 saturated heterocycles. The maximum Gasteiger partial charge on any atom is 0.126 e. The van der Waals surface area contributed by atoms with Crippen LogP contribution in [0, 0.1) is 5.82 Å².